The Labute approximate surface area is 120 Å². The van der Waals surface area contributed by atoms with Gasteiger partial charge in [0, 0.05) is 0 Å². The van der Waals surface area contributed by atoms with E-state index in [2.05, 4.69) is 24.3 Å². The number of methoxy groups -OCH3 is 1. The second-order valence-corrected chi connectivity index (χ2v) is 5.58. The normalized spacial score (nSPS) is 18.1. The van der Waals surface area contributed by atoms with Crippen molar-refractivity contribution in [3.63, 3.8) is 0 Å². The number of rotatable bonds is 4. The molecular formula is C18H20O2. The van der Waals surface area contributed by atoms with Crippen LogP contribution in [0.5, 0.6) is 5.75 Å². The Balaban J connectivity index is 1.72. The molecule has 0 heterocycles. The third kappa shape index (κ3) is 2.32. The van der Waals surface area contributed by atoms with Crippen LogP contribution in [-0.2, 0) is 6.42 Å². The molecule has 104 valence electrons. The van der Waals surface area contributed by atoms with Crippen LogP contribution < -0.4 is 4.74 Å². The first kappa shape index (κ1) is 13.2. The molecule has 2 unspecified atom stereocenters. The molecule has 0 bridgehead atoms. The van der Waals surface area contributed by atoms with Gasteiger partial charge < -0.3 is 9.84 Å². The van der Waals surface area contributed by atoms with Crippen LogP contribution in [0.15, 0.2) is 42.5 Å². The average Bonchev–Trinajstić information content (AvgIpc) is 2.44. The van der Waals surface area contributed by atoms with Gasteiger partial charge in [-0.2, -0.15) is 0 Å². The van der Waals surface area contributed by atoms with Gasteiger partial charge in [0.05, 0.1) is 13.2 Å². The van der Waals surface area contributed by atoms with Crippen LogP contribution in [0.2, 0.25) is 0 Å². The second-order valence-electron chi connectivity index (χ2n) is 5.58. The summed E-state index contributed by atoms with van der Waals surface area (Å²) in [5.41, 5.74) is 4.87. The van der Waals surface area contributed by atoms with Crippen molar-refractivity contribution in [2.75, 3.05) is 7.11 Å². The molecule has 0 aliphatic heterocycles. The molecule has 2 heteroatoms. The van der Waals surface area contributed by atoms with E-state index in [-0.39, 0.29) is 0 Å². The number of hydrogen-bond acceptors (Lipinski definition) is 2. The number of hydrogen-bond donors (Lipinski definition) is 1. The molecule has 1 N–H and O–H groups in total. The Bertz CT molecular complexity index is 619. The first-order valence-electron chi connectivity index (χ1n) is 7.09. The summed E-state index contributed by atoms with van der Waals surface area (Å²) in [5.74, 6) is 1.36. The third-order valence-electron chi connectivity index (χ3n) is 4.27. The molecule has 2 nitrogen and oxygen atoms in total. The lowest BCUT2D eigenvalue weighted by molar-refractivity contribution is 0.153. The lowest BCUT2D eigenvalue weighted by atomic mass is 9.74. The van der Waals surface area contributed by atoms with Crippen LogP contribution in [0.4, 0.5) is 0 Å². The highest BCUT2D eigenvalue weighted by Gasteiger charge is 2.27. The third-order valence-corrected chi connectivity index (χ3v) is 4.27. The molecule has 2 aromatic carbocycles. The maximum atomic E-state index is 10.4. The minimum atomic E-state index is -0.405. The van der Waals surface area contributed by atoms with Crippen LogP contribution in [0.3, 0.4) is 0 Å². The fourth-order valence-corrected chi connectivity index (χ4v) is 3.09. The quantitative estimate of drug-likeness (QED) is 0.914. The van der Waals surface area contributed by atoms with E-state index in [1.54, 1.807) is 7.11 Å². The fourth-order valence-electron chi connectivity index (χ4n) is 3.09. The van der Waals surface area contributed by atoms with Gasteiger partial charge in [0.25, 0.3) is 0 Å². The maximum Gasteiger partial charge on any atom is 0.121 e. The number of ether oxygens (including phenoxy) is 1. The van der Waals surface area contributed by atoms with E-state index in [1.165, 1.54) is 11.1 Å². The number of benzene rings is 2. The molecule has 0 radical (unpaired) electrons. The molecule has 1 aliphatic carbocycles. The maximum absolute atomic E-state index is 10.4. The van der Waals surface area contributed by atoms with E-state index in [1.807, 2.05) is 25.1 Å². The largest absolute Gasteiger partial charge is 0.496 e. The van der Waals surface area contributed by atoms with Crippen LogP contribution >= 0.6 is 0 Å². The number of aryl methyl sites for hydroxylation is 1. The molecule has 0 saturated carbocycles. The topological polar surface area (TPSA) is 29.5 Å². The highest BCUT2D eigenvalue weighted by atomic mass is 16.5. The van der Waals surface area contributed by atoms with Crippen molar-refractivity contribution in [3.8, 4) is 5.75 Å². The summed E-state index contributed by atoms with van der Waals surface area (Å²) in [5, 5.41) is 10.4. The Kier molecular flexibility index (Phi) is 3.49. The van der Waals surface area contributed by atoms with Gasteiger partial charge in [0.2, 0.25) is 0 Å². The van der Waals surface area contributed by atoms with Crippen LogP contribution in [0, 0.1) is 6.92 Å². The van der Waals surface area contributed by atoms with E-state index in [4.69, 9.17) is 4.74 Å². The first-order valence-corrected chi connectivity index (χ1v) is 7.09. The first-order chi connectivity index (χ1) is 9.69. The predicted molar refractivity (Wildman–Crippen MR) is 80.2 cm³/mol. The smallest absolute Gasteiger partial charge is 0.121 e. The van der Waals surface area contributed by atoms with Crippen molar-refractivity contribution >= 4 is 0 Å². The molecule has 0 amide bonds. The van der Waals surface area contributed by atoms with Gasteiger partial charge in [-0.15, -0.1) is 0 Å². The molecular weight excluding hydrogens is 248 g/mol. The highest BCUT2D eigenvalue weighted by molar-refractivity contribution is 5.41. The van der Waals surface area contributed by atoms with E-state index >= 15 is 0 Å². The number of aliphatic hydroxyl groups is 1. The molecule has 0 fully saturated rings. The van der Waals surface area contributed by atoms with E-state index < -0.39 is 6.10 Å². The van der Waals surface area contributed by atoms with Crippen LogP contribution in [0.1, 0.15) is 40.7 Å². The van der Waals surface area contributed by atoms with Gasteiger partial charge in [-0.3, -0.25) is 0 Å². The summed E-state index contributed by atoms with van der Waals surface area (Å²) in [4.78, 5) is 0. The minimum Gasteiger partial charge on any atom is -0.496 e. The zero-order chi connectivity index (χ0) is 14.1. The Hall–Kier alpha value is -1.80. The van der Waals surface area contributed by atoms with Crippen molar-refractivity contribution in [1.29, 1.82) is 0 Å². The molecule has 20 heavy (non-hydrogen) atoms. The summed E-state index contributed by atoms with van der Waals surface area (Å²) in [6.45, 7) is 2.01. The Morgan fingerprint density at radius 2 is 2.05 bits per heavy atom. The van der Waals surface area contributed by atoms with Gasteiger partial charge in [0.15, 0.2) is 0 Å². The number of fused-ring (bicyclic) bond motifs is 1. The Morgan fingerprint density at radius 1 is 1.25 bits per heavy atom. The number of aliphatic hydroxyl groups excluding tert-OH is 1. The molecule has 0 spiro atoms. The van der Waals surface area contributed by atoms with Gasteiger partial charge in [-0.05, 0) is 60.1 Å². The van der Waals surface area contributed by atoms with E-state index in [0.29, 0.717) is 5.92 Å². The average molecular weight is 268 g/mol. The summed E-state index contributed by atoms with van der Waals surface area (Å²) in [6, 6.07) is 14.4. The van der Waals surface area contributed by atoms with Gasteiger partial charge in [0.1, 0.15) is 5.75 Å². The zero-order valence-corrected chi connectivity index (χ0v) is 12.0. The van der Waals surface area contributed by atoms with E-state index in [9.17, 15) is 5.11 Å². The van der Waals surface area contributed by atoms with Gasteiger partial charge in [-0.1, -0.05) is 30.3 Å². The summed E-state index contributed by atoms with van der Waals surface area (Å²) in [7, 11) is 1.67. The lowest BCUT2D eigenvalue weighted by Crippen LogP contribution is -2.19. The molecule has 3 rings (SSSR count). The fraction of sp³-hybridized carbons (Fsp3) is 0.333. The Morgan fingerprint density at radius 3 is 2.75 bits per heavy atom. The zero-order valence-electron chi connectivity index (χ0n) is 12.0. The van der Waals surface area contributed by atoms with Crippen molar-refractivity contribution in [3.05, 3.63) is 64.7 Å². The van der Waals surface area contributed by atoms with Crippen molar-refractivity contribution in [1.82, 2.24) is 0 Å². The molecule has 0 saturated heterocycles. The van der Waals surface area contributed by atoms with Crippen LogP contribution in [-0.4, -0.2) is 12.2 Å². The summed E-state index contributed by atoms with van der Waals surface area (Å²) in [6.07, 6.45) is 1.48. The minimum absolute atomic E-state index is 0.405. The van der Waals surface area contributed by atoms with Crippen molar-refractivity contribution < 1.29 is 9.84 Å². The monoisotopic (exact) mass is 268 g/mol. The molecule has 2 atom stereocenters. The van der Waals surface area contributed by atoms with Gasteiger partial charge >= 0.3 is 0 Å². The molecule has 0 aromatic heterocycles. The molecule has 1 aliphatic rings. The standard InChI is InChI=1S/C18H20O2/c1-12-9-14(7-8-18(12)20-2)17(19)11-15-10-13-5-3-4-6-16(13)15/h3-9,15,17,19H,10-11H2,1-2H3. The van der Waals surface area contributed by atoms with Crippen LogP contribution in [0.25, 0.3) is 0 Å². The van der Waals surface area contributed by atoms with Gasteiger partial charge in [-0.25, -0.2) is 0 Å². The second kappa shape index (κ2) is 5.29. The van der Waals surface area contributed by atoms with Crippen molar-refractivity contribution in [2.45, 2.75) is 31.8 Å². The predicted octanol–water partition coefficient (Wildman–Crippen LogP) is 3.77. The molecule has 2 aromatic rings. The highest BCUT2D eigenvalue weighted by Crippen LogP contribution is 2.40. The van der Waals surface area contributed by atoms with E-state index in [0.717, 1.165) is 29.7 Å². The summed E-state index contributed by atoms with van der Waals surface area (Å²) < 4.78 is 5.26. The lowest BCUT2D eigenvalue weighted by Gasteiger charge is -2.31. The van der Waals surface area contributed by atoms with Crippen molar-refractivity contribution in [2.24, 2.45) is 0 Å². The summed E-state index contributed by atoms with van der Waals surface area (Å²) >= 11 is 0. The SMILES string of the molecule is COc1ccc(C(O)CC2Cc3ccccc32)cc1C.